The first-order valence-electron chi connectivity index (χ1n) is 7.40. The summed E-state index contributed by atoms with van der Waals surface area (Å²) in [6.07, 6.45) is 5.52. The molecule has 20 heavy (non-hydrogen) atoms. The van der Waals surface area contributed by atoms with E-state index in [2.05, 4.69) is 13.8 Å². The van der Waals surface area contributed by atoms with E-state index >= 15 is 0 Å². The van der Waals surface area contributed by atoms with Crippen molar-refractivity contribution in [3.05, 3.63) is 34.6 Å². The van der Waals surface area contributed by atoms with Gasteiger partial charge in [-0.05, 0) is 42.9 Å². The highest BCUT2D eigenvalue weighted by Crippen LogP contribution is 2.44. The van der Waals surface area contributed by atoms with Crippen LogP contribution in [0.4, 0.5) is 4.39 Å². The van der Waals surface area contributed by atoms with Crippen molar-refractivity contribution in [2.45, 2.75) is 52.4 Å². The van der Waals surface area contributed by atoms with Gasteiger partial charge in [-0.3, -0.25) is 4.79 Å². The number of hydrogen-bond donors (Lipinski definition) is 0. The quantitative estimate of drug-likeness (QED) is 0.730. The minimum atomic E-state index is -0.357. The van der Waals surface area contributed by atoms with Crippen molar-refractivity contribution in [3.8, 4) is 0 Å². The van der Waals surface area contributed by atoms with Crippen molar-refractivity contribution >= 4 is 17.4 Å². The van der Waals surface area contributed by atoms with Crippen LogP contribution >= 0.6 is 11.6 Å². The summed E-state index contributed by atoms with van der Waals surface area (Å²) in [7, 11) is 0. The van der Waals surface area contributed by atoms with Crippen LogP contribution in [0.25, 0.3) is 0 Å². The van der Waals surface area contributed by atoms with Gasteiger partial charge in [-0.15, -0.1) is 0 Å². The van der Waals surface area contributed by atoms with Gasteiger partial charge in [0.2, 0.25) is 0 Å². The van der Waals surface area contributed by atoms with Crippen LogP contribution in [0.3, 0.4) is 0 Å². The second kappa shape index (κ2) is 6.26. The second-order valence-corrected chi connectivity index (χ2v) is 6.83. The van der Waals surface area contributed by atoms with Crippen molar-refractivity contribution < 1.29 is 9.18 Å². The number of rotatable bonds is 5. The highest BCUT2D eigenvalue weighted by molar-refractivity contribution is 6.31. The third kappa shape index (κ3) is 3.41. The van der Waals surface area contributed by atoms with E-state index in [-0.39, 0.29) is 17.0 Å². The van der Waals surface area contributed by atoms with E-state index in [1.807, 2.05) is 0 Å². The molecule has 3 heteroatoms. The molecule has 1 aliphatic carbocycles. The molecule has 1 saturated carbocycles. The molecule has 0 spiro atoms. The summed E-state index contributed by atoms with van der Waals surface area (Å²) < 4.78 is 13.1. The molecule has 1 aromatic rings. The Hall–Kier alpha value is -0.890. The van der Waals surface area contributed by atoms with Crippen molar-refractivity contribution in [2.75, 3.05) is 0 Å². The van der Waals surface area contributed by atoms with Crippen LogP contribution < -0.4 is 0 Å². The summed E-state index contributed by atoms with van der Waals surface area (Å²) in [6, 6.07) is 4.29. The lowest BCUT2D eigenvalue weighted by atomic mass is 9.73. The Bertz CT molecular complexity index is 490. The number of halogens is 2. The Morgan fingerprint density at radius 3 is 2.55 bits per heavy atom. The fraction of sp³-hybridized carbons (Fsp3) is 0.588. The Kier molecular flexibility index (Phi) is 4.85. The molecule has 2 rings (SSSR count). The maximum absolute atomic E-state index is 13.1. The molecule has 0 radical (unpaired) electrons. The lowest BCUT2D eigenvalue weighted by molar-refractivity contribution is -0.128. The Balaban J connectivity index is 2.16. The first-order valence-corrected chi connectivity index (χ1v) is 7.78. The van der Waals surface area contributed by atoms with Gasteiger partial charge < -0.3 is 0 Å². The number of ketones is 1. The molecule has 1 fully saturated rings. The van der Waals surface area contributed by atoms with E-state index in [1.54, 1.807) is 6.07 Å². The molecule has 0 N–H and O–H groups in total. The summed E-state index contributed by atoms with van der Waals surface area (Å²) in [5.74, 6) is 0.432. The van der Waals surface area contributed by atoms with Crippen LogP contribution in [0.2, 0.25) is 5.02 Å². The summed E-state index contributed by atoms with van der Waals surface area (Å²) in [6.45, 7) is 4.33. The van der Waals surface area contributed by atoms with Crippen molar-refractivity contribution in [3.63, 3.8) is 0 Å². The molecule has 0 amide bonds. The molecular weight excluding hydrogens is 275 g/mol. The monoisotopic (exact) mass is 296 g/mol. The van der Waals surface area contributed by atoms with E-state index in [0.29, 0.717) is 17.4 Å². The summed E-state index contributed by atoms with van der Waals surface area (Å²) in [5.41, 5.74) is 0.569. The first kappa shape index (κ1) is 15.5. The normalized spacial score (nSPS) is 17.6. The zero-order chi connectivity index (χ0) is 14.8. The molecule has 0 aliphatic heterocycles. The van der Waals surface area contributed by atoms with Crippen LogP contribution in [0.1, 0.15) is 51.5 Å². The standard InChI is InChI=1S/C17H22ClFO/c1-12(2)11-17(7-3-4-8-17)16(20)9-13-5-6-14(19)10-15(13)18/h5-6,10,12H,3-4,7-9,11H2,1-2H3. The Morgan fingerprint density at radius 2 is 2.00 bits per heavy atom. The minimum absolute atomic E-state index is 0.175. The SMILES string of the molecule is CC(C)CC1(C(=O)Cc2ccc(F)cc2Cl)CCCC1. The van der Waals surface area contributed by atoms with Gasteiger partial charge in [0.05, 0.1) is 0 Å². The van der Waals surface area contributed by atoms with E-state index in [4.69, 9.17) is 11.6 Å². The maximum atomic E-state index is 13.1. The lowest BCUT2D eigenvalue weighted by Gasteiger charge is -2.29. The lowest BCUT2D eigenvalue weighted by Crippen LogP contribution is -2.31. The zero-order valence-corrected chi connectivity index (χ0v) is 13.0. The van der Waals surface area contributed by atoms with Gasteiger partial charge in [-0.25, -0.2) is 4.39 Å². The molecule has 1 aliphatic rings. The van der Waals surface area contributed by atoms with Gasteiger partial charge in [0.25, 0.3) is 0 Å². The molecule has 0 aromatic heterocycles. The molecule has 0 heterocycles. The van der Waals surface area contributed by atoms with E-state index in [9.17, 15) is 9.18 Å². The highest BCUT2D eigenvalue weighted by atomic mass is 35.5. The predicted molar refractivity (Wildman–Crippen MR) is 80.5 cm³/mol. The van der Waals surface area contributed by atoms with E-state index in [1.165, 1.54) is 12.1 Å². The van der Waals surface area contributed by atoms with Gasteiger partial charge in [0.15, 0.2) is 0 Å². The van der Waals surface area contributed by atoms with E-state index < -0.39 is 0 Å². The molecule has 0 atom stereocenters. The summed E-state index contributed by atoms with van der Waals surface area (Å²) in [4.78, 5) is 12.8. The molecule has 110 valence electrons. The van der Waals surface area contributed by atoms with Crippen molar-refractivity contribution in [1.29, 1.82) is 0 Å². The van der Waals surface area contributed by atoms with Crippen LogP contribution in [0.5, 0.6) is 0 Å². The average molecular weight is 297 g/mol. The van der Waals surface area contributed by atoms with Gasteiger partial charge in [-0.1, -0.05) is 44.4 Å². The Labute approximate surface area is 125 Å². The average Bonchev–Trinajstić information content (AvgIpc) is 2.81. The van der Waals surface area contributed by atoms with Crippen LogP contribution in [0, 0.1) is 17.2 Å². The van der Waals surface area contributed by atoms with Gasteiger partial charge >= 0.3 is 0 Å². The fourth-order valence-electron chi connectivity index (χ4n) is 3.46. The third-order valence-electron chi connectivity index (χ3n) is 4.32. The smallest absolute Gasteiger partial charge is 0.143 e. The minimum Gasteiger partial charge on any atom is -0.299 e. The molecule has 1 aromatic carbocycles. The summed E-state index contributed by atoms with van der Waals surface area (Å²) >= 11 is 6.04. The third-order valence-corrected chi connectivity index (χ3v) is 4.67. The molecule has 1 nitrogen and oxygen atoms in total. The van der Waals surface area contributed by atoms with Crippen molar-refractivity contribution in [2.24, 2.45) is 11.3 Å². The van der Waals surface area contributed by atoms with Crippen LogP contribution in [0.15, 0.2) is 18.2 Å². The second-order valence-electron chi connectivity index (χ2n) is 6.42. The number of carbonyl (C=O) groups excluding carboxylic acids is 1. The largest absolute Gasteiger partial charge is 0.299 e. The predicted octanol–water partition coefficient (Wildman–Crippen LogP) is 5.20. The topological polar surface area (TPSA) is 17.1 Å². The van der Waals surface area contributed by atoms with Gasteiger partial charge in [0, 0.05) is 16.9 Å². The first-order chi connectivity index (χ1) is 9.43. The van der Waals surface area contributed by atoms with Gasteiger partial charge in [-0.2, -0.15) is 0 Å². The number of hydrogen-bond acceptors (Lipinski definition) is 1. The fourth-order valence-corrected chi connectivity index (χ4v) is 3.69. The number of Topliss-reactive ketones (excluding diaryl/α,β-unsaturated/α-hetero) is 1. The number of carbonyl (C=O) groups is 1. The maximum Gasteiger partial charge on any atom is 0.143 e. The van der Waals surface area contributed by atoms with Crippen LogP contribution in [-0.4, -0.2) is 5.78 Å². The molecule has 0 unspecified atom stereocenters. The van der Waals surface area contributed by atoms with Crippen molar-refractivity contribution in [1.82, 2.24) is 0 Å². The molecule has 0 saturated heterocycles. The Morgan fingerprint density at radius 1 is 1.35 bits per heavy atom. The van der Waals surface area contributed by atoms with Crippen LogP contribution in [-0.2, 0) is 11.2 Å². The molecule has 0 bridgehead atoms. The summed E-state index contributed by atoms with van der Waals surface area (Å²) in [5, 5.41) is 0.357. The highest BCUT2D eigenvalue weighted by Gasteiger charge is 2.40. The zero-order valence-electron chi connectivity index (χ0n) is 12.2. The van der Waals surface area contributed by atoms with Gasteiger partial charge in [0.1, 0.15) is 11.6 Å². The number of benzene rings is 1. The molecular formula is C17H22ClFO. The van der Waals surface area contributed by atoms with E-state index in [0.717, 1.165) is 37.7 Å².